The second-order valence-electron chi connectivity index (χ2n) is 13.6. The molecule has 1 aliphatic carbocycles. The number of fused-ring (bicyclic) bond motifs is 1. The summed E-state index contributed by atoms with van der Waals surface area (Å²) in [5, 5.41) is 0. The van der Waals surface area contributed by atoms with Crippen molar-refractivity contribution in [3.8, 4) is 11.4 Å². The van der Waals surface area contributed by atoms with E-state index in [2.05, 4.69) is 9.97 Å². The molecule has 17 heteroatoms. The van der Waals surface area contributed by atoms with Crippen LogP contribution in [0.15, 0.2) is 39.9 Å². The first kappa shape index (κ1) is 46.9. The maximum Gasteiger partial charge on any atom is 0.332 e. The highest BCUT2D eigenvalue weighted by Gasteiger charge is 2.20. The summed E-state index contributed by atoms with van der Waals surface area (Å²) in [5.74, 6) is 0.335. The highest BCUT2D eigenvalue weighted by molar-refractivity contribution is 5.87. The molecule has 0 radical (unpaired) electrons. The van der Waals surface area contributed by atoms with E-state index in [1.54, 1.807) is 20.2 Å². The lowest BCUT2D eigenvalue weighted by atomic mass is 9.89. The molecule has 0 bridgehead atoms. The number of aryl methyl sites for hydroxylation is 1. The van der Waals surface area contributed by atoms with Gasteiger partial charge in [-0.15, -0.1) is 0 Å². The molecule has 2 heterocycles. The van der Waals surface area contributed by atoms with Crippen LogP contribution in [0.4, 0.5) is 0 Å². The minimum absolute atomic E-state index is 0.115. The van der Waals surface area contributed by atoms with Crippen molar-refractivity contribution in [1.82, 2.24) is 19.1 Å². The number of aromatic nitrogens is 4. The number of imidazole rings is 1. The molecule has 324 valence electrons. The van der Waals surface area contributed by atoms with Gasteiger partial charge in [0.05, 0.1) is 112 Å². The zero-order chi connectivity index (χ0) is 41.0. The molecular formula is C41H62N4O13. The van der Waals surface area contributed by atoms with Crippen LogP contribution in [-0.2, 0) is 65.8 Å². The number of H-pyrrole nitrogens is 1. The average molecular weight is 819 g/mol. The lowest BCUT2D eigenvalue weighted by molar-refractivity contribution is -0.139. The number of esters is 1. The zero-order valence-corrected chi connectivity index (χ0v) is 34.2. The zero-order valence-electron chi connectivity index (χ0n) is 34.2. The van der Waals surface area contributed by atoms with Gasteiger partial charge in [0.25, 0.3) is 5.56 Å². The summed E-state index contributed by atoms with van der Waals surface area (Å²) in [5.41, 5.74) is 1.47. The Hall–Kier alpha value is -3.78. The van der Waals surface area contributed by atoms with E-state index < -0.39 is 5.97 Å². The number of aromatic amines is 1. The highest BCUT2D eigenvalue weighted by atomic mass is 16.6. The minimum atomic E-state index is -0.486. The summed E-state index contributed by atoms with van der Waals surface area (Å²) < 4.78 is 56.4. The normalized spacial score (nSPS) is 13.6. The summed E-state index contributed by atoms with van der Waals surface area (Å²) in [4.78, 5) is 46.2. The van der Waals surface area contributed by atoms with E-state index in [-0.39, 0.29) is 24.5 Å². The number of carbonyl (C=O) groups is 1. The van der Waals surface area contributed by atoms with E-state index in [1.165, 1.54) is 21.6 Å². The molecule has 2 aromatic heterocycles. The number of nitrogens with zero attached hydrogens (tertiary/aromatic N) is 3. The van der Waals surface area contributed by atoms with Gasteiger partial charge >= 0.3 is 11.7 Å². The summed E-state index contributed by atoms with van der Waals surface area (Å²) in [6, 6.07) is 7.33. The molecule has 0 unspecified atom stereocenters. The number of nitrogens with one attached hydrogen (secondary N) is 1. The van der Waals surface area contributed by atoms with Crippen LogP contribution in [0.5, 0.6) is 0 Å². The van der Waals surface area contributed by atoms with Gasteiger partial charge in [-0.05, 0) is 30.4 Å². The first-order valence-electron chi connectivity index (χ1n) is 20.2. The summed E-state index contributed by atoms with van der Waals surface area (Å²) >= 11 is 0. The highest BCUT2D eigenvalue weighted by Crippen LogP contribution is 2.25. The molecule has 0 atom stereocenters. The predicted molar refractivity (Wildman–Crippen MR) is 216 cm³/mol. The predicted octanol–water partition coefficient (Wildman–Crippen LogP) is 3.01. The van der Waals surface area contributed by atoms with Crippen molar-refractivity contribution in [2.45, 2.75) is 38.6 Å². The topological polar surface area (TPSA) is 182 Å². The first-order valence-corrected chi connectivity index (χ1v) is 20.2. The van der Waals surface area contributed by atoms with Crippen LogP contribution < -0.4 is 11.2 Å². The number of hydrogen-bond acceptors (Lipinski definition) is 14. The number of rotatable bonds is 32. The van der Waals surface area contributed by atoms with Crippen molar-refractivity contribution in [2.24, 2.45) is 13.0 Å². The van der Waals surface area contributed by atoms with Gasteiger partial charge in [-0.25, -0.2) is 14.6 Å². The fourth-order valence-electron chi connectivity index (χ4n) is 6.12. The molecular weight excluding hydrogens is 756 g/mol. The lowest BCUT2D eigenvalue weighted by Crippen LogP contribution is -2.41. The Bertz CT molecular complexity index is 1720. The quantitative estimate of drug-likeness (QED) is 0.0552. The first-order chi connectivity index (χ1) is 28.5. The number of methoxy groups -OCH3 is 1. The third-order valence-electron chi connectivity index (χ3n) is 9.25. The van der Waals surface area contributed by atoms with Crippen LogP contribution in [-0.4, -0.2) is 151 Å². The van der Waals surface area contributed by atoms with E-state index >= 15 is 0 Å². The SMILES string of the molecule is COCCOCCOCCOCCOCCOCCOCCOCCOCCOC(=O)/C=C/c1ccc(-c2nc3c([nH]2)c(=O)n(CC2CCCCC2)c(=O)n3C)cc1. The van der Waals surface area contributed by atoms with Crippen LogP contribution in [0, 0.1) is 5.92 Å². The van der Waals surface area contributed by atoms with Crippen molar-refractivity contribution < 1.29 is 52.2 Å². The number of carbonyl (C=O) groups excluding carboxylic acids is 1. The van der Waals surface area contributed by atoms with Gasteiger partial charge in [-0.2, -0.15) is 0 Å². The van der Waals surface area contributed by atoms with Crippen LogP contribution in [0.1, 0.15) is 37.7 Å². The van der Waals surface area contributed by atoms with Crippen LogP contribution >= 0.6 is 0 Å². The van der Waals surface area contributed by atoms with Gasteiger partial charge in [0, 0.05) is 32.3 Å². The summed E-state index contributed by atoms with van der Waals surface area (Å²) in [6.45, 7) is 8.56. The second kappa shape index (κ2) is 28.6. The van der Waals surface area contributed by atoms with Crippen LogP contribution in [0.2, 0.25) is 0 Å². The Balaban J connectivity index is 0.953. The summed E-state index contributed by atoms with van der Waals surface area (Å²) in [6.07, 6.45) is 8.54. The average Bonchev–Trinajstić information content (AvgIpc) is 3.70. The summed E-state index contributed by atoms with van der Waals surface area (Å²) in [7, 11) is 3.28. The smallest absolute Gasteiger partial charge is 0.332 e. The number of ether oxygens (including phenoxy) is 10. The standard InChI is InChI=1S/C41H62N4O13/c1-44-39-37(40(47)45(41(44)48)32-34-6-4-3-5-7-34)42-38(43-39)35-11-8-33(9-12-35)10-13-36(46)58-31-30-57-29-28-56-27-26-55-25-24-54-23-22-53-21-20-52-19-18-51-17-16-50-15-14-49-2/h8-13,34H,3-7,14-32H2,1-2H3,(H,42,43)/b13-10+. The number of hydrogen-bond donors (Lipinski definition) is 1. The lowest BCUT2D eigenvalue weighted by Gasteiger charge is -2.22. The van der Waals surface area contributed by atoms with Gasteiger partial charge in [0.2, 0.25) is 0 Å². The van der Waals surface area contributed by atoms with E-state index in [4.69, 9.17) is 47.4 Å². The number of benzene rings is 1. The van der Waals surface area contributed by atoms with E-state index in [9.17, 15) is 14.4 Å². The van der Waals surface area contributed by atoms with Crippen molar-refractivity contribution in [3.63, 3.8) is 0 Å². The van der Waals surface area contributed by atoms with Gasteiger partial charge in [0.1, 0.15) is 17.9 Å². The Morgan fingerprint density at radius 1 is 0.690 bits per heavy atom. The van der Waals surface area contributed by atoms with Crippen molar-refractivity contribution in [2.75, 3.05) is 126 Å². The minimum Gasteiger partial charge on any atom is -0.460 e. The largest absolute Gasteiger partial charge is 0.460 e. The third-order valence-corrected chi connectivity index (χ3v) is 9.25. The van der Waals surface area contributed by atoms with Gasteiger partial charge < -0.3 is 52.4 Å². The Labute approximate surface area is 339 Å². The van der Waals surface area contributed by atoms with Crippen molar-refractivity contribution in [3.05, 3.63) is 56.7 Å². The van der Waals surface area contributed by atoms with Crippen LogP contribution in [0.25, 0.3) is 28.6 Å². The second-order valence-corrected chi connectivity index (χ2v) is 13.6. The van der Waals surface area contributed by atoms with E-state index in [0.29, 0.717) is 135 Å². The Morgan fingerprint density at radius 3 is 1.64 bits per heavy atom. The molecule has 3 aromatic rings. The molecule has 58 heavy (non-hydrogen) atoms. The monoisotopic (exact) mass is 818 g/mol. The Kier molecular flexibility index (Phi) is 23.1. The molecule has 1 aliphatic rings. The van der Waals surface area contributed by atoms with Crippen molar-refractivity contribution in [1.29, 1.82) is 0 Å². The van der Waals surface area contributed by atoms with Gasteiger partial charge in [-0.3, -0.25) is 13.9 Å². The molecule has 1 aromatic carbocycles. The molecule has 1 fully saturated rings. The molecule has 0 aliphatic heterocycles. The molecule has 0 amide bonds. The molecule has 17 nitrogen and oxygen atoms in total. The molecule has 0 saturated heterocycles. The maximum absolute atomic E-state index is 13.3. The van der Waals surface area contributed by atoms with Gasteiger partial charge in [-0.1, -0.05) is 43.5 Å². The van der Waals surface area contributed by atoms with Gasteiger partial charge in [0.15, 0.2) is 5.65 Å². The Morgan fingerprint density at radius 2 is 1.16 bits per heavy atom. The molecule has 1 N–H and O–H groups in total. The fourth-order valence-corrected chi connectivity index (χ4v) is 6.12. The third kappa shape index (κ3) is 17.6. The van der Waals surface area contributed by atoms with E-state index in [1.807, 2.05) is 24.3 Å². The fraction of sp³-hybridized carbons (Fsp3) is 0.659. The van der Waals surface area contributed by atoms with Crippen molar-refractivity contribution >= 4 is 23.2 Å². The van der Waals surface area contributed by atoms with Crippen LogP contribution in [0.3, 0.4) is 0 Å². The molecule has 1 saturated carbocycles. The molecule has 4 rings (SSSR count). The molecule has 0 spiro atoms. The van der Waals surface area contributed by atoms with E-state index in [0.717, 1.165) is 36.8 Å². The maximum atomic E-state index is 13.3.